The van der Waals surface area contributed by atoms with E-state index < -0.39 is 75.8 Å². The molecule has 1 fully saturated rings. The highest BCUT2D eigenvalue weighted by Gasteiger charge is 2.61. The van der Waals surface area contributed by atoms with Crippen LogP contribution in [0.2, 0.25) is 9.36 Å². The van der Waals surface area contributed by atoms with Crippen LogP contribution in [0.25, 0.3) is 0 Å². The van der Waals surface area contributed by atoms with Gasteiger partial charge in [0, 0.05) is 23.8 Å². The summed E-state index contributed by atoms with van der Waals surface area (Å²) in [6, 6.07) is 0.911. The van der Waals surface area contributed by atoms with Gasteiger partial charge in [-0.05, 0) is 24.6 Å². The number of β-lactam (4-membered cyclic amide) rings is 1. The summed E-state index contributed by atoms with van der Waals surface area (Å²) < 4.78 is 40.2. The summed E-state index contributed by atoms with van der Waals surface area (Å²) in [5, 5.41) is 44.7. The third-order valence-corrected chi connectivity index (χ3v) is 10.8. The van der Waals surface area contributed by atoms with Gasteiger partial charge in [-0.3, -0.25) is 19.3 Å². The average molecular weight is 804 g/mol. The number of hydrogen-bond donors (Lipinski definition) is 7. The first-order chi connectivity index (χ1) is 23.3. The molecule has 0 unspecified atom stereocenters. The molecule has 3 atom stereocenters. The SMILES string of the molecule is C[C@](O/N=C(\C(=O)N[C@@H]1C(=O)N2C(C(=O)O)=C(CSCCNC(=O)c3ccc(O)c(O)c3Cl)CS[C@H]12)c1nc(N)sc1Cl)(C(=O)O)C(F)(F)F. The van der Waals surface area contributed by atoms with E-state index in [1.54, 1.807) is 0 Å². The first-order valence-corrected chi connectivity index (χ1v) is 17.3. The first kappa shape index (κ1) is 38.7. The van der Waals surface area contributed by atoms with Crippen molar-refractivity contribution in [2.45, 2.75) is 30.1 Å². The quantitative estimate of drug-likeness (QED) is 0.0505. The van der Waals surface area contributed by atoms with Crippen LogP contribution in [0.3, 0.4) is 0 Å². The highest BCUT2D eigenvalue weighted by atomic mass is 35.5. The van der Waals surface area contributed by atoms with E-state index in [9.17, 15) is 52.5 Å². The number of nitrogens with two attached hydrogens (primary N) is 1. The van der Waals surface area contributed by atoms with Gasteiger partial charge < -0.3 is 41.6 Å². The second-order valence-corrected chi connectivity index (χ2v) is 14.5. The maximum absolute atomic E-state index is 13.5. The number of alkyl halides is 3. The molecule has 1 saturated heterocycles. The second kappa shape index (κ2) is 15.0. The number of nitrogen functional groups attached to an aromatic ring is 1. The molecule has 2 aliphatic rings. The Hall–Kier alpha value is -4.12. The van der Waals surface area contributed by atoms with Gasteiger partial charge in [0.25, 0.3) is 17.7 Å². The molecule has 1 aromatic carbocycles. The minimum Gasteiger partial charge on any atom is -0.504 e. The molecule has 24 heteroatoms. The number of carbonyl (C=O) groups is 5. The Morgan fingerprint density at radius 1 is 1.22 bits per heavy atom. The zero-order valence-corrected chi connectivity index (χ0v) is 28.9. The van der Waals surface area contributed by atoms with Crippen molar-refractivity contribution in [1.29, 1.82) is 0 Å². The minimum atomic E-state index is -5.49. The van der Waals surface area contributed by atoms with Crippen LogP contribution in [-0.2, 0) is 24.0 Å². The van der Waals surface area contributed by atoms with E-state index in [1.807, 2.05) is 0 Å². The zero-order chi connectivity index (χ0) is 37.3. The van der Waals surface area contributed by atoms with Crippen LogP contribution in [0, 0.1) is 0 Å². The van der Waals surface area contributed by atoms with Crippen LogP contribution in [0.15, 0.2) is 28.6 Å². The molecule has 0 spiro atoms. The number of benzene rings is 1. The summed E-state index contributed by atoms with van der Waals surface area (Å²) >= 11 is 14.8. The number of nitrogens with one attached hydrogen (secondary N) is 2. The van der Waals surface area contributed by atoms with E-state index >= 15 is 0 Å². The molecule has 0 radical (unpaired) electrons. The lowest BCUT2D eigenvalue weighted by atomic mass is 10.0. The molecule has 1 aromatic heterocycles. The summed E-state index contributed by atoms with van der Waals surface area (Å²) in [5.74, 6) is -7.45. The molecule has 3 amide bonds. The summed E-state index contributed by atoms with van der Waals surface area (Å²) in [6.07, 6.45) is -5.49. The largest absolute Gasteiger partial charge is 0.504 e. The lowest BCUT2D eigenvalue weighted by molar-refractivity contribution is -0.269. The number of thioether (sulfide) groups is 2. The number of hydrogen-bond acceptors (Lipinski definition) is 14. The van der Waals surface area contributed by atoms with Crippen molar-refractivity contribution in [3.8, 4) is 11.5 Å². The monoisotopic (exact) mass is 802 g/mol. The molecular weight excluding hydrogens is 780 g/mol. The Labute approximate surface area is 300 Å². The van der Waals surface area contributed by atoms with E-state index in [0.717, 1.165) is 22.7 Å². The highest BCUT2D eigenvalue weighted by molar-refractivity contribution is 8.01. The third kappa shape index (κ3) is 7.62. The molecule has 50 heavy (non-hydrogen) atoms. The van der Waals surface area contributed by atoms with Crippen LogP contribution >= 0.6 is 58.1 Å². The van der Waals surface area contributed by atoms with Crippen molar-refractivity contribution in [3.63, 3.8) is 0 Å². The molecule has 2 aromatic rings. The van der Waals surface area contributed by atoms with Crippen LogP contribution in [0.4, 0.5) is 18.3 Å². The molecule has 8 N–H and O–H groups in total. The number of nitrogens with zero attached hydrogens (tertiary/aromatic N) is 3. The van der Waals surface area contributed by atoms with Gasteiger partial charge in [0.1, 0.15) is 27.1 Å². The summed E-state index contributed by atoms with van der Waals surface area (Å²) in [7, 11) is 0. The number of amides is 3. The number of aromatic nitrogens is 1. The molecule has 3 heterocycles. The van der Waals surface area contributed by atoms with Gasteiger partial charge >= 0.3 is 23.7 Å². The Bertz CT molecular complexity index is 1830. The van der Waals surface area contributed by atoms with Crippen molar-refractivity contribution in [2.75, 3.05) is 29.5 Å². The van der Waals surface area contributed by atoms with Crippen molar-refractivity contribution in [2.24, 2.45) is 5.16 Å². The van der Waals surface area contributed by atoms with Crippen LogP contribution in [0.5, 0.6) is 11.5 Å². The fourth-order valence-electron chi connectivity index (χ4n) is 4.27. The molecular formula is C26H23Cl2F3N6O10S3. The van der Waals surface area contributed by atoms with Crippen LogP contribution in [0.1, 0.15) is 23.0 Å². The molecule has 16 nitrogen and oxygen atoms in total. The van der Waals surface area contributed by atoms with Gasteiger partial charge in [-0.1, -0.05) is 39.7 Å². The number of phenols is 2. The topological polar surface area (TPSA) is 254 Å². The van der Waals surface area contributed by atoms with Crippen molar-refractivity contribution >= 4 is 98.6 Å². The van der Waals surface area contributed by atoms with Crippen molar-refractivity contribution in [1.82, 2.24) is 20.5 Å². The molecule has 4 rings (SSSR count). The number of phenolic OH excluding ortho intramolecular Hbond substituents is 2. The first-order valence-electron chi connectivity index (χ1n) is 13.6. The molecule has 0 bridgehead atoms. The Balaban J connectivity index is 1.44. The zero-order valence-electron chi connectivity index (χ0n) is 24.9. The Kier molecular flexibility index (Phi) is 11.6. The van der Waals surface area contributed by atoms with Gasteiger partial charge in [0.15, 0.2) is 22.3 Å². The number of fused-ring (bicyclic) bond motifs is 1. The number of oxime groups is 1. The average Bonchev–Trinajstić information content (AvgIpc) is 3.37. The maximum Gasteiger partial charge on any atom is 0.442 e. The van der Waals surface area contributed by atoms with E-state index in [0.29, 0.717) is 16.9 Å². The standard InChI is InChI=1S/C26H23Cl2F3N6O10S3/c1-25(23(45)46,26(29,30)31)47-36-13(12-17(28)50-24(32)35-12)19(41)34-14-20(42)37-15(22(43)44)8(7-49-21(14)37)6-48-5-4-33-18(40)9-2-3-10(38)16(39)11(9)27/h2-3,14,21,38-39H,4-7H2,1H3,(H2,32,35)(H,33,40)(H,34,41)(H,43,44)(H,45,46)/b36-13-/t14-,21-,25+/m1/s1. The second-order valence-electron chi connectivity index (χ2n) is 10.3. The number of carboxylic acids is 2. The number of carboxylic acid groups (broad SMARTS) is 2. The lowest BCUT2D eigenvalue weighted by Crippen LogP contribution is -2.71. The van der Waals surface area contributed by atoms with E-state index in [1.165, 1.54) is 17.8 Å². The van der Waals surface area contributed by atoms with Crippen LogP contribution < -0.4 is 16.4 Å². The van der Waals surface area contributed by atoms with Gasteiger partial charge in [-0.2, -0.15) is 24.9 Å². The van der Waals surface area contributed by atoms with Gasteiger partial charge in [0.05, 0.1) is 10.6 Å². The highest BCUT2D eigenvalue weighted by Crippen LogP contribution is 2.41. The Morgan fingerprint density at radius 2 is 1.90 bits per heavy atom. The number of aliphatic carboxylic acids is 2. The minimum absolute atomic E-state index is 0.0831. The molecule has 0 aliphatic carbocycles. The fourth-order valence-corrected chi connectivity index (χ4v) is 7.79. The normalized spacial score (nSPS) is 18.9. The number of carbonyl (C=O) groups excluding carboxylic acids is 3. The predicted molar refractivity (Wildman–Crippen MR) is 175 cm³/mol. The van der Waals surface area contributed by atoms with Gasteiger partial charge in [-0.15, -0.1) is 11.8 Å². The predicted octanol–water partition coefficient (Wildman–Crippen LogP) is 2.47. The molecule has 2 aliphatic heterocycles. The number of halogens is 5. The Morgan fingerprint density at radius 3 is 2.48 bits per heavy atom. The van der Waals surface area contributed by atoms with E-state index in [4.69, 9.17) is 34.0 Å². The van der Waals surface area contributed by atoms with Gasteiger partial charge in [-0.25, -0.2) is 14.6 Å². The molecule has 0 saturated carbocycles. The number of aromatic hydroxyl groups is 2. The van der Waals surface area contributed by atoms with Gasteiger partial charge in [0.2, 0.25) is 0 Å². The number of rotatable bonds is 13. The molecule has 270 valence electrons. The summed E-state index contributed by atoms with van der Waals surface area (Å²) in [6.45, 7) is 0.254. The summed E-state index contributed by atoms with van der Waals surface area (Å²) in [4.78, 5) is 71.5. The number of thiazole rings is 1. The van der Waals surface area contributed by atoms with E-state index in [2.05, 4.69) is 25.6 Å². The summed E-state index contributed by atoms with van der Waals surface area (Å²) in [5.41, 5.74) is 0.00202. The van der Waals surface area contributed by atoms with Crippen molar-refractivity contribution in [3.05, 3.63) is 44.0 Å². The fraction of sp³-hybridized carbons (Fsp3) is 0.346. The number of anilines is 1. The smallest absolute Gasteiger partial charge is 0.442 e. The maximum atomic E-state index is 13.5. The third-order valence-electron chi connectivity index (χ3n) is 6.99. The van der Waals surface area contributed by atoms with E-state index in [-0.39, 0.29) is 56.5 Å². The van der Waals surface area contributed by atoms with Crippen LogP contribution in [-0.4, -0.2) is 113 Å². The lowest BCUT2D eigenvalue weighted by Gasteiger charge is -2.49. The van der Waals surface area contributed by atoms with Crippen molar-refractivity contribution < 1.29 is 62.4 Å².